The molecule has 1 aromatic rings. The third-order valence-electron chi connectivity index (χ3n) is 3.01. The highest BCUT2D eigenvalue weighted by molar-refractivity contribution is 9.09. The molecule has 1 aromatic carbocycles. The van der Waals surface area contributed by atoms with Gasteiger partial charge in [0.25, 0.3) is 0 Å². The topological polar surface area (TPSA) is 34.1 Å². The van der Waals surface area contributed by atoms with Crippen molar-refractivity contribution in [2.45, 2.75) is 29.8 Å². The highest BCUT2D eigenvalue weighted by Gasteiger charge is 2.37. The summed E-state index contributed by atoms with van der Waals surface area (Å²) in [6.07, 6.45) is 1.69. The molecule has 0 spiro atoms. The van der Waals surface area contributed by atoms with Crippen LogP contribution in [0.2, 0.25) is 0 Å². The lowest BCUT2D eigenvalue weighted by Crippen LogP contribution is -2.41. The molecule has 1 rings (SSSR count). The number of hydrogen-bond acceptors (Lipinski definition) is 2. The lowest BCUT2D eigenvalue weighted by atomic mass is 10.0. The zero-order chi connectivity index (χ0) is 13.3. The summed E-state index contributed by atoms with van der Waals surface area (Å²) in [7, 11) is -3.17. The zero-order valence-electron chi connectivity index (χ0n) is 10.1. The monoisotopic (exact) mass is 322 g/mol. The molecule has 0 aliphatic heterocycles. The molecule has 0 N–H and O–H groups in total. The van der Waals surface area contributed by atoms with Gasteiger partial charge in [-0.2, -0.15) is 0 Å². The number of sulfone groups is 1. The van der Waals surface area contributed by atoms with Crippen LogP contribution < -0.4 is 0 Å². The van der Waals surface area contributed by atoms with Crippen molar-refractivity contribution in [3.8, 4) is 0 Å². The van der Waals surface area contributed by atoms with Gasteiger partial charge in [-0.25, -0.2) is 12.8 Å². The van der Waals surface area contributed by atoms with Gasteiger partial charge in [-0.3, -0.25) is 0 Å². The van der Waals surface area contributed by atoms with Crippen LogP contribution in [0.4, 0.5) is 4.39 Å². The van der Waals surface area contributed by atoms with E-state index >= 15 is 0 Å². The van der Waals surface area contributed by atoms with E-state index in [0.29, 0.717) is 6.42 Å². The number of halogens is 2. The van der Waals surface area contributed by atoms with Crippen molar-refractivity contribution in [1.82, 2.24) is 0 Å². The van der Waals surface area contributed by atoms with Gasteiger partial charge in [0.1, 0.15) is 5.82 Å². The third-order valence-corrected chi connectivity index (χ3v) is 6.98. The molecule has 17 heavy (non-hydrogen) atoms. The molecule has 2 nitrogen and oxygen atoms in total. The van der Waals surface area contributed by atoms with Gasteiger partial charge < -0.3 is 0 Å². The number of rotatable bonds is 4. The Kier molecular flexibility index (Phi) is 4.36. The van der Waals surface area contributed by atoms with Crippen LogP contribution in [-0.2, 0) is 16.3 Å². The molecule has 5 heteroatoms. The van der Waals surface area contributed by atoms with E-state index < -0.39 is 14.6 Å². The fraction of sp³-hybridized carbons (Fsp3) is 0.500. The molecule has 96 valence electrons. The van der Waals surface area contributed by atoms with E-state index in [0.717, 1.165) is 5.56 Å². The second kappa shape index (κ2) is 5.06. The molecule has 0 aliphatic rings. The van der Waals surface area contributed by atoms with Crippen LogP contribution in [-0.4, -0.2) is 24.2 Å². The summed E-state index contributed by atoms with van der Waals surface area (Å²) in [4.78, 5) is -0.258. The van der Waals surface area contributed by atoms with Crippen molar-refractivity contribution < 1.29 is 12.8 Å². The van der Waals surface area contributed by atoms with Gasteiger partial charge in [-0.15, -0.1) is 0 Å². The van der Waals surface area contributed by atoms with Gasteiger partial charge in [-0.05, 0) is 38.0 Å². The largest absolute Gasteiger partial charge is 0.229 e. The Hall–Kier alpha value is -0.420. The van der Waals surface area contributed by atoms with Crippen molar-refractivity contribution in [3.63, 3.8) is 0 Å². The normalized spacial score (nSPS) is 14.6. The number of benzene rings is 1. The molecule has 0 aromatic heterocycles. The molecule has 1 atom stereocenters. The van der Waals surface area contributed by atoms with E-state index in [1.807, 2.05) is 0 Å². The molecule has 0 heterocycles. The predicted octanol–water partition coefficient (Wildman–Crippen LogP) is 2.95. The van der Waals surface area contributed by atoms with E-state index in [1.54, 1.807) is 26.0 Å². The maximum atomic E-state index is 13.0. The van der Waals surface area contributed by atoms with Crippen LogP contribution in [0.5, 0.6) is 0 Å². The minimum atomic E-state index is -3.17. The fourth-order valence-corrected chi connectivity index (χ4v) is 3.29. The average molecular weight is 323 g/mol. The van der Waals surface area contributed by atoms with E-state index in [9.17, 15) is 12.8 Å². The minimum Gasteiger partial charge on any atom is -0.229 e. The Labute approximate surface area is 110 Å². The highest BCUT2D eigenvalue weighted by Crippen LogP contribution is 2.29. The van der Waals surface area contributed by atoms with Gasteiger partial charge in [0.2, 0.25) is 0 Å². The van der Waals surface area contributed by atoms with Crippen LogP contribution >= 0.6 is 15.9 Å². The molecule has 0 radical (unpaired) electrons. The maximum Gasteiger partial charge on any atom is 0.153 e. The van der Waals surface area contributed by atoms with E-state index in [4.69, 9.17) is 0 Å². The Morgan fingerprint density at radius 2 is 2.00 bits per heavy atom. The van der Waals surface area contributed by atoms with Crippen LogP contribution in [0.3, 0.4) is 0 Å². The zero-order valence-corrected chi connectivity index (χ0v) is 12.5. The van der Waals surface area contributed by atoms with Gasteiger partial charge in [0.05, 0.1) is 4.75 Å². The van der Waals surface area contributed by atoms with Crippen molar-refractivity contribution in [3.05, 3.63) is 35.6 Å². The summed E-state index contributed by atoms with van der Waals surface area (Å²) >= 11 is 3.39. The van der Waals surface area contributed by atoms with E-state index in [2.05, 4.69) is 15.9 Å². The Morgan fingerprint density at radius 3 is 2.47 bits per heavy atom. The molecule has 0 saturated heterocycles. The van der Waals surface area contributed by atoms with E-state index in [1.165, 1.54) is 18.4 Å². The Balaban J connectivity index is 2.90. The lowest BCUT2D eigenvalue weighted by molar-refractivity contribution is 0.541. The molecule has 0 amide bonds. The first-order chi connectivity index (χ1) is 7.64. The summed E-state index contributed by atoms with van der Waals surface area (Å²) in [5.41, 5.74) is 0.781. The maximum absolute atomic E-state index is 13.0. The van der Waals surface area contributed by atoms with E-state index in [-0.39, 0.29) is 10.6 Å². The standard InChI is InChI=1S/C12H16BrFO2S/c1-12(2,17(3,15)16)11(13)8-9-5-4-6-10(14)7-9/h4-7,11H,8H2,1-3H3. The Morgan fingerprint density at radius 1 is 1.41 bits per heavy atom. The second-order valence-electron chi connectivity index (χ2n) is 4.68. The van der Waals surface area contributed by atoms with Crippen LogP contribution in [0, 0.1) is 5.82 Å². The quantitative estimate of drug-likeness (QED) is 0.799. The smallest absolute Gasteiger partial charge is 0.153 e. The van der Waals surface area contributed by atoms with Crippen molar-refractivity contribution in [1.29, 1.82) is 0 Å². The lowest BCUT2D eigenvalue weighted by Gasteiger charge is -2.28. The number of hydrogen-bond donors (Lipinski definition) is 0. The summed E-state index contributed by atoms with van der Waals surface area (Å²) in [6.45, 7) is 3.34. The van der Waals surface area contributed by atoms with Crippen LogP contribution in [0.15, 0.2) is 24.3 Å². The van der Waals surface area contributed by atoms with Gasteiger partial charge >= 0.3 is 0 Å². The molecule has 1 unspecified atom stereocenters. The SMILES string of the molecule is CC(C)(C(Br)Cc1cccc(F)c1)S(C)(=O)=O. The molecule has 0 fully saturated rings. The first-order valence-electron chi connectivity index (χ1n) is 5.22. The first kappa shape index (κ1) is 14.6. The molecular formula is C12H16BrFO2S. The average Bonchev–Trinajstić information content (AvgIpc) is 2.15. The molecule has 0 saturated carbocycles. The second-order valence-corrected chi connectivity index (χ2v) is 8.38. The fourth-order valence-electron chi connectivity index (χ4n) is 1.35. The summed E-state index contributed by atoms with van der Waals surface area (Å²) in [5, 5.41) is 0. The molecular weight excluding hydrogens is 307 g/mol. The molecule has 0 aliphatic carbocycles. The van der Waals surface area contributed by atoms with Crippen molar-refractivity contribution >= 4 is 25.8 Å². The third kappa shape index (κ3) is 3.52. The molecule has 0 bridgehead atoms. The summed E-state index contributed by atoms with van der Waals surface area (Å²) in [6, 6.07) is 6.20. The number of alkyl halides is 1. The van der Waals surface area contributed by atoms with Gasteiger partial charge in [0.15, 0.2) is 9.84 Å². The van der Waals surface area contributed by atoms with Crippen LogP contribution in [0.25, 0.3) is 0 Å². The summed E-state index contributed by atoms with van der Waals surface area (Å²) < 4.78 is 35.4. The Bertz CT molecular complexity index is 497. The predicted molar refractivity (Wildman–Crippen MR) is 71.7 cm³/mol. The van der Waals surface area contributed by atoms with Crippen molar-refractivity contribution in [2.75, 3.05) is 6.26 Å². The summed E-state index contributed by atoms with van der Waals surface area (Å²) in [5.74, 6) is -0.306. The van der Waals surface area contributed by atoms with Crippen LogP contribution in [0.1, 0.15) is 19.4 Å². The minimum absolute atomic E-state index is 0.258. The highest BCUT2D eigenvalue weighted by atomic mass is 79.9. The van der Waals surface area contributed by atoms with Crippen molar-refractivity contribution in [2.24, 2.45) is 0 Å². The van der Waals surface area contributed by atoms with Gasteiger partial charge in [0, 0.05) is 11.1 Å². The van der Waals surface area contributed by atoms with Gasteiger partial charge in [-0.1, -0.05) is 28.1 Å². The first-order valence-corrected chi connectivity index (χ1v) is 8.03.